The van der Waals surface area contributed by atoms with E-state index in [2.05, 4.69) is 0 Å². The Hall–Kier alpha value is -1.23. The molecular formula is C8H8FNO2S. The van der Waals surface area contributed by atoms with Crippen LogP contribution < -0.4 is 5.73 Å². The van der Waals surface area contributed by atoms with Crippen LogP contribution in [0.2, 0.25) is 0 Å². The van der Waals surface area contributed by atoms with Gasteiger partial charge in [-0.05, 0) is 18.2 Å². The summed E-state index contributed by atoms with van der Waals surface area (Å²) in [5.41, 5.74) is 4.84. The second-order valence-corrected chi connectivity index (χ2v) is 3.86. The van der Waals surface area contributed by atoms with E-state index >= 15 is 0 Å². The van der Waals surface area contributed by atoms with Crippen LogP contribution in [0.25, 0.3) is 0 Å². The van der Waals surface area contributed by atoms with Crippen LogP contribution in [0, 0.1) is 5.82 Å². The number of hydrogen-bond acceptors (Lipinski definition) is 2. The number of carbonyl (C=O) groups excluding carboxylic acids is 1. The molecular weight excluding hydrogens is 193 g/mol. The minimum absolute atomic E-state index is 0.274. The Morgan fingerprint density at radius 2 is 2.23 bits per heavy atom. The van der Waals surface area contributed by atoms with E-state index in [4.69, 9.17) is 5.73 Å². The zero-order chi connectivity index (χ0) is 9.84. The zero-order valence-corrected chi connectivity index (χ0v) is 7.51. The molecule has 0 aromatic heterocycles. The number of carbonyl (C=O) groups is 1. The SMILES string of the molecule is NC(=O)CS(=O)c1cccc(F)c1. The third kappa shape index (κ3) is 2.95. The molecule has 13 heavy (non-hydrogen) atoms. The van der Waals surface area contributed by atoms with E-state index in [0.29, 0.717) is 0 Å². The molecule has 0 saturated heterocycles. The van der Waals surface area contributed by atoms with Crippen molar-refractivity contribution in [3.05, 3.63) is 30.1 Å². The van der Waals surface area contributed by atoms with Gasteiger partial charge < -0.3 is 5.73 Å². The predicted molar refractivity (Wildman–Crippen MR) is 46.9 cm³/mol. The molecule has 5 heteroatoms. The lowest BCUT2D eigenvalue weighted by Gasteiger charge is -1.98. The lowest BCUT2D eigenvalue weighted by atomic mass is 10.4. The first kappa shape index (κ1) is 9.85. The van der Waals surface area contributed by atoms with E-state index in [0.717, 1.165) is 6.07 Å². The number of benzene rings is 1. The number of primary amides is 1. The molecule has 3 nitrogen and oxygen atoms in total. The maximum absolute atomic E-state index is 12.6. The van der Waals surface area contributed by atoms with Crippen LogP contribution in [0.3, 0.4) is 0 Å². The van der Waals surface area contributed by atoms with E-state index in [1.54, 1.807) is 0 Å². The fraction of sp³-hybridized carbons (Fsp3) is 0.125. The van der Waals surface area contributed by atoms with Gasteiger partial charge >= 0.3 is 0 Å². The van der Waals surface area contributed by atoms with E-state index in [1.165, 1.54) is 18.2 Å². The average molecular weight is 201 g/mol. The van der Waals surface area contributed by atoms with Crippen LogP contribution >= 0.6 is 0 Å². The monoisotopic (exact) mass is 201 g/mol. The van der Waals surface area contributed by atoms with Gasteiger partial charge in [0.15, 0.2) is 0 Å². The van der Waals surface area contributed by atoms with Gasteiger partial charge in [-0.1, -0.05) is 6.07 Å². The molecule has 1 unspecified atom stereocenters. The first-order chi connectivity index (χ1) is 6.09. The molecule has 1 rings (SSSR count). The lowest BCUT2D eigenvalue weighted by Crippen LogP contribution is -2.19. The molecule has 1 aromatic rings. The van der Waals surface area contributed by atoms with Crippen LogP contribution in [-0.4, -0.2) is 15.9 Å². The standard InChI is InChI=1S/C8H8FNO2S/c9-6-2-1-3-7(4-6)13(12)5-8(10)11/h1-4H,5H2,(H2,10,11). The summed E-state index contributed by atoms with van der Waals surface area (Å²) in [7, 11) is -1.54. The average Bonchev–Trinajstić information content (AvgIpc) is 2.03. The molecule has 1 amide bonds. The number of hydrogen-bond donors (Lipinski definition) is 1. The van der Waals surface area contributed by atoms with Gasteiger partial charge in [-0.3, -0.25) is 9.00 Å². The second-order valence-electron chi connectivity index (χ2n) is 2.41. The Kier molecular flexibility index (Phi) is 3.13. The van der Waals surface area contributed by atoms with Crippen molar-refractivity contribution in [1.29, 1.82) is 0 Å². The topological polar surface area (TPSA) is 60.2 Å². The summed E-state index contributed by atoms with van der Waals surface area (Å²) in [5.74, 6) is -1.42. The highest BCUT2D eigenvalue weighted by atomic mass is 32.2. The normalized spacial score (nSPS) is 12.4. The van der Waals surface area contributed by atoms with E-state index < -0.39 is 22.5 Å². The van der Waals surface area contributed by atoms with Crippen molar-refractivity contribution < 1.29 is 13.4 Å². The third-order valence-electron chi connectivity index (χ3n) is 1.33. The molecule has 0 aliphatic carbocycles. The minimum Gasteiger partial charge on any atom is -0.369 e. The smallest absolute Gasteiger partial charge is 0.230 e. The van der Waals surface area contributed by atoms with Gasteiger partial charge in [-0.15, -0.1) is 0 Å². The molecule has 0 saturated carbocycles. The number of nitrogens with two attached hydrogens (primary N) is 1. The summed E-state index contributed by atoms with van der Waals surface area (Å²) < 4.78 is 23.9. The van der Waals surface area contributed by atoms with Crippen LogP contribution in [0.15, 0.2) is 29.2 Å². The largest absolute Gasteiger partial charge is 0.369 e. The molecule has 1 atom stereocenters. The van der Waals surface area contributed by atoms with Crippen LogP contribution in [0.4, 0.5) is 4.39 Å². The van der Waals surface area contributed by atoms with Crippen molar-refractivity contribution in [3.63, 3.8) is 0 Å². The molecule has 0 aliphatic heterocycles. The van der Waals surface area contributed by atoms with Gasteiger partial charge in [0.05, 0.1) is 10.8 Å². The van der Waals surface area contributed by atoms with Crippen LogP contribution in [-0.2, 0) is 15.6 Å². The Balaban J connectivity index is 2.83. The van der Waals surface area contributed by atoms with E-state index in [1.807, 2.05) is 0 Å². The first-order valence-electron chi connectivity index (χ1n) is 3.52. The Morgan fingerprint density at radius 1 is 1.54 bits per heavy atom. The minimum atomic E-state index is -1.54. The van der Waals surface area contributed by atoms with Crippen molar-refractivity contribution >= 4 is 16.7 Å². The number of amides is 1. The van der Waals surface area contributed by atoms with Crippen molar-refractivity contribution in [1.82, 2.24) is 0 Å². The van der Waals surface area contributed by atoms with Crippen molar-refractivity contribution in [2.45, 2.75) is 4.90 Å². The van der Waals surface area contributed by atoms with Crippen molar-refractivity contribution in [2.75, 3.05) is 5.75 Å². The summed E-state index contributed by atoms with van der Waals surface area (Å²) in [6.45, 7) is 0. The lowest BCUT2D eigenvalue weighted by molar-refractivity contribution is -0.115. The highest BCUT2D eigenvalue weighted by molar-refractivity contribution is 7.85. The molecule has 0 radical (unpaired) electrons. The maximum atomic E-state index is 12.6. The maximum Gasteiger partial charge on any atom is 0.230 e. The van der Waals surface area contributed by atoms with E-state index in [9.17, 15) is 13.4 Å². The fourth-order valence-corrected chi connectivity index (χ4v) is 1.72. The highest BCUT2D eigenvalue weighted by Gasteiger charge is 2.07. The van der Waals surface area contributed by atoms with Crippen molar-refractivity contribution in [3.8, 4) is 0 Å². The zero-order valence-electron chi connectivity index (χ0n) is 6.70. The molecule has 0 fully saturated rings. The summed E-state index contributed by atoms with van der Waals surface area (Å²) in [6.07, 6.45) is 0. The predicted octanol–water partition coefficient (Wildman–Crippen LogP) is 0.419. The van der Waals surface area contributed by atoms with Gasteiger partial charge in [0.25, 0.3) is 0 Å². The molecule has 0 spiro atoms. The summed E-state index contributed by atoms with van der Waals surface area (Å²) in [5, 5.41) is 0. The van der Waals surface area contributed by atoms with Gasteiger partial charge in [0.1, 0.15) is 11.6 Å². The van der Waals surface area contributed by atoms with E-state index in [-0.39, 0.29) is 10.6 Å². The Bertz CT molecular complexity index is 354. The highest BCUT2D eigenvalue weighted by Crippen LogP contribution is 2.08. The van der Waals surface area contributed by atoms with Gasteiger partial charge in [0, 0.05) is 4.90 Å². The molecule has 1 aromatic carbocycles. The molecule has 2 N–H and O–H groups in total. The number of rotatable bonds is 3. The van der Waals surface area contributed by atoms with Gasteiger partial charge in [0.2, 0.25) is 5.91 Å². The number of halogens is 1. The van der Waals surface area contributed by atoms with Crippen LogP contribution in [0.1, 0.15) is 0 Å². The molecule has 0 bridgehead atoms. The summed E-state index contributed by atoms with van der Waals surface area (Å²) in [4.78, 5) is 10.7. The summed E-state index contributed by atoms with van der Waals surface area (Å²) in [6, 6.07) is 5.29. The van der Waals surface area contributed by atoms with Gasteiger partial charge in [-0.25, -0.2) is 4.39 Å². The second kappa shape index (κ2) is 4.13. The molecule has 0 heterocycles. The van der Waals surface area contributed by atoms with Crippen LogP contribution in [0.5, 0.6) is 0 Å². The molecule has 0 aliphatic rings. The molecule has 70 valence electrons. The first-order valence-corrected chi connectivity index (χ1v) is 4.84. The van der Waals surface area contributed by atoms with Crippen molar-refractivity contribution in [2.24, 2.45) is 5.73 Å². The Morgan fingerprint density at radius 3 is 2.77 bits per heavy atom. The third-order valence-corrected chi connectivity index (χ3v) is 2.66. The summed E-state index contributed by atoms with van der Waals surface area (Å²) >= 11 is 0. The fourth-order valence-electron chi connectivity index (χ4n) is 0.821. The Labute approximate surface area is 77.2 Å². The quantitative estimate of drug-likeness (QED) is 0.770. The van der Waals surface area contributed by atoms with Gasteiger partial charge in [-0.2, -0.15) is 0 Å².